The Kier molecular flexibility index (Phi) is 5.93. The van der Waals surface area contributed by atoms with Crippen LogP contribution in [-0.2, 0) is 12.6 Å². The number of hydrogen-bond donors (Lipinski definition) is 2. The van der Waals surface area contributed by atoms with Crippen LogP contribution in [0.4, 0.5) is 24.7 Å². The molecule has 1 amide bonds. The number of halogens is 3. The molecule has 1 aromatic heterocycles. The highest BCUT2D eigenvalue weighted by atomic mass is 19.4. The number of nitrogens with one attached hydrogen (secondary N) is 2. The topological polar surface area (TPSA) is 54.0 Å². The van der Waals surface area contributed by atoms with Crippen molar-refractivity contribution in [3.05, 3.63) is 89.6 Å². The van der Waals surface area contributed by atoms with Crippen LogP contribution in [0.2, 0.25) is 0 Å². The third-order valence-corrected chi connectivity index (χ3v) is 4.06. The predicted octanol–water partition coefficient (Wildman–Crippen LogP) is 5.01. The number of hydrogen-bond acceptors (Lipinski definition) is 3. The van der Waals surface area contributed by atoms with Crippen molar-refractivity contribution in [1.82, 2.24) is 4.98 Å². The molecule has 2 aromatic carbocycles. The van der Waals surface area contributed by atoms with Crippen LogP contribution in [0.3, 0.4) is 0 Å². The zero-order valence-corrected chi connectivity index (χ0v) is 14.8. The maximum atomic E-state index is 12.6. The van der Waals surface area contributed by atoms with E-state index in [4.69, 9.17) is 0 Å². The second-order valence-corrected chi connectivity index (χ2v) is 6.12. The monoisotopic (exact) mass is 385 g/mol. The summed E-state index contributed by atoms with van der Waals surface area (Å²) in [7, 11) is 0. The highest BCUT2D eigenvalue weighted by Crippen LogP contribution is 2.29. The summed E-state index contributed by atoms with van der Waals surface area (Å²) in [6.45, 7) is 0.717. The molecule has 3 aromatic rings. The summed E-state index contributed by atoms with van der Waals surface area (Å²) in [5, 5.41) is 5.81. The second-order valence-electron chi connectivity index (χ2n) is 6.12. The summed E-state index contributed by atoms with van der Waals surface area (Å²) >= 11 is 0. The van der Waals surface area contributed by atoms with E-state index in [2.05, 4.69) is 27.8 Å². The molecule has 4 nitrogen and oxygen atoms in total. The minimum atomic E-state index is -4.43. The SMILES string of the molecule is O=C(Nc1ccc(NCCc2ccccc2)nc1)c1ccc(C(F)(F)F)cc1. The molecule has 0 bridgehead atoms. The van der Waals surface area contributed by atoms with Gasteiger partial charge in [0.15, 0.2) is 0 Å². The molecular formula is C21H18F3N3O. The summed E-state index contributed by atoms with van der Waals surface area (Å²) in [4.78, 5) is 16.4. The van der Waals surface area contributed by atoms with Crippen molar-refractivity contribution in [3.63, 3.8) is 0 Å². The molecule has 0 unspecified atom stereocenters. The van der Waals surface area contributed by atoms with Gasteiger partial charge in [-0.2, -0.15) is 13.2 Å². The van der Waals surface area contributed by atoms with Gasteiger partial charge in [-0.1, -0.05) is 30.3 Å². The van der Waals surface area contributed by atoms with Crippen LogP contribution < -0.4 is 10.6 Å². The molecule has 3 rings (SSSR count). The molecule has 0 aliphatic carbocycles. The van der Waals surface area contributed by atoms with Crippen LogP contribution in [0.25, 0.3) is 0 Å². The van der Waals surface area contributed by atoms with Crippen molar-refractivity contribution in [2.75, 3.05) is 17.2 Å². The molecule has 0 aliphatic rings. The van der Waals surface area contributed by atoms with Crippen molar-refractivity contribution in [2.45, 2.75) is 12.6 Å². The highest BCUT2D eigenvalue weighted by Gasteiger charge is 2.30. The lowest BCUT2D eigenvalue weighted by Gasteiger charge is -2.09. The quantitative estimate of drug-likeness (QED) is 0.627. The fraction of sp³-hybridized carbons (Fsp3) is 0.143. The van der Waals surface area contributed by atoms with Crippen molar-refractivity contribution in [3.8, 4) is 0 Å². The number of pyridine rings is 1. The predicted molar refractivity (Wildman–Crippen MR) is 102 cm³/mol. The number of aromatic nitrogens is 1. The van der Waals surface area contributed by atoms with E-state index >= 15 is 0 Å². The Morgan fingerprint density at radius 2 is 1.64 bits per heavy atom. The lowest BCUT2D eigenvalue weighted by Crippen LogP contribution is -2.13. The number of rotatable bonds is 6. The first-order valence-corrected chi connectivity index (χ1v) is 8.64. The third-order valence-electron chi connectivity index (χ3n) is 4.06. The van der Waals surface area contributed by atoms with Gasteiger partial charge in [0.05, 0.1) is 17.4 Å². The average Bonchev–Trinajstić information content (AvgIpc) is 2.69. The summed E-state index contributed by atoms with van der Waals surface area (Å²) < 4.78 is 37.7. The molecule has 0 fully saturated rings. The number of amides is 1. The molecular weight excluding hydrogens is 367 g/mol. The zero-order chi connectivity index (χ0) is 20.0. The maximum Gasteiger partial charge on any atom is 0.416 e. The average molecular weight is 385 g/mol. The first-order valence-electron chi connectivity index (χ1n) is 8.64. The number of benzene rings is 2. The standard InChI is InChI=1S/C21H18F3N3O/c22-21(23,24)17-8-6-16(7-9-17)20(28)27-18-10-11-19(26-14-18)25-13-12-15-4-2-1-3-5-15/h1-11,14H,12-13H2,(H,25,26)(H,27,28). The summed E-state index contributed by atoms with van der Waals surface area (Å²) in [5.74, 6) is 0.170. The van der Waals surface area contributed by atoms with Gasteiger partial charge in [-0.05, 0) is 48.4 Å². The van der Waals surface area contributed by atoms with Crippen molar-refractivity contribution >= 4 is 17.4 Å². The van der Waals surface area contributed by atoms with Gasteiger partial charge in [-0.15, -0.1) is 0 Å². The van der Waals surface area contributed by atoms with E-state index in [9.17, 15) is 18.0 Å². The van der Waals surface area contributed by atoms with Gasteiger partial charge < -0.3 is 10.6 Å². The lowest BCUT2D eigenvalue weighted by atomic mass is 10.1. The summed E-state index contributed by atoms with van der Waals surface area (Å²) in [6.07, 6.45) is -2.08. The van der Waals surface area contributed by atoms with E-state index in [0.717, 1.165) is 30.7 Å². The van der Waals surface area contributed by atoms with Crippen LogP contribution in [-0.4, -0.2) is 17.4 Å². The Labute approximate surface area is 160 Å². The van der Waals surface area contributed by atoms with Gasteiger partial charge in [-0.3, -0.25) is 4.79 Å². The van der Waals surface area contributed by atoms with Crippen molar-refractivity contribution in [2.24, 2.45) is 0 Å². The number of carbonyl (C=O) groups is 1. The van der Waals surface area contributed by atoms with Gasteiger partial charge in [0.1, 0.15) is 5.82 Å². The van der Waals surface area contributed by atoms with E-state index in [1.165, 1.54) is 11.8 Å². The number of alkyl halides is 3. The van der Waals surface area contributed by atoms with Gasteiger partial charge in [0.25, 0.3) is 5.91 Å². The molecule has 2 N–H and O–H groups in total. The zero-order valence-electron chi connectivity index (χ0n) is 14.8. The van der Waals surface area contributed by atoms with E-state index in [1.807, 2.05) is 18.2 Å². The minimum absolute atomic E-state index is 0.137. The van der Waals surface area contributed by atoms with E-state index < -0.39 is 17.6 Å². The highest BCUT2D eigenvalue weighted by molar-refractivity contribution is 6.04. The Bertz CT molecular complexity index is 908. The largest absolute Gasteiger partial charge is 0.416 e. The van der Waals surface area contributed by atoms with Gasteiger partial charge in [0.2, 0.25) is 0 Å². The van der Waals surface area contributed by atoms with Crippen LogP contribution >= 0.6 is 0 Å². The lowest BCUT2D eigenvalue weighted by molar-refractivity contribution is -0.137. The number of anilines is 2. The van der Waals surface area contributed by atoms with Crippen molar-refractivity contribution in [1.29, 1.82) is 0 Å². The number of carbonyl (C=O) groups excluding carboxylic acids is 1. The molecule has 0 atom stereocenters. The van der Waals surface area contributed by atoms with Crippen LogP contribution in [0.1, 0.15) is 21.5 Å². The van der Waals surface area contributed by atoms with E-state index in [0.29, 0.717) is 18.1 Å². The molecule has 144 valence electrons. The Morgan fingerprint density at radius 1 is 0.929 bits per heavy atom. The molecule has 0 aliphatic heterocycles. The first kappa shape index (κ1) is 19.4. The summed E-state index contributed by atoms with van der Waals surface area (Å²) in [6, 6.07) is 17.5. The Balaban J connectivity index is 1.52. The molecule has 0 saturated carbocycles. The Morgan fingerprint density at radius 3 is 2.25 bits per heavy atom. The van der Waals surface area contributed by atoms with Crippen LogP contribution in [0.15, 0.2) is 72.9 Å². The van der Waals surface area contributed by atoms with Crippen LogP contribution in [0, 0.1) is 0 Å². The molecule has 28 heavy (non-hydrogen) atoms. The minimum Gasteiger partial charge on any atom is -0.370 e. The fourth-order valence-corrected chi connectivity index (χ4v) is 2.57. The number of nitrogens with zero attached hydrogens (tertiary/aromatic N) is 1. The molecule has 0 spiro atoms. The fourth-order valence-electron chi connectivity index (χ4n) is 2.57. The molecule has 0 saturated heterocycles. The van der Waals surface area contributed by atoms with Gasteiger partial charge >= 0.3 is 6.18 Å². The second kappa shape index (κ2) is 8.56. The smallest absolute Gasteiger partial charge is 0.370 e. The van der Waals surface area contributed by atoms with E-state index in [-0.39, 0.29) is 5.56 Å². The molecule has 1 heterocycles. The molecule has 7 heteroatoms. The molecule has 0 radical (unpaired) electrons. The van der Waals surface area contributed by atoms with Crippen LogP contribution in [0.5, 0.6) is 0 Å². The normalized spacial score (nSPS) is 11.1. The first-order chi connectivity index (χ1) is 13.4. The van der Waals surface area contributed by atoms with Gasteiger partial charge in [0, 0.05) is 12.1 Å². The maximum absolute atomic E-state index is 12.6. The van der Waals surface area contributed by atoms with Crippen molar-refractivity contribution < 1.29 is 18.0 Å². The van der Waals surface area contributed by atoms with Gasteiger partial charge in [-0.25, -0.2) is 4.98 Å². The van der Waals surface area contributed by atoms with E-state index in [1.54, 1.807) is 12.1 Å². The third kappa shape index (κ3) is 5.33. The summed E-state index contributed by atoms with van der Waals surface area (Å²) in [5.41, 5.74) is 1.02. The Hall–Kier alpha value is -3.35.